The molecule has 1 aliphatic heterocycles. The van der Waals surface area contributed by atoms with Crippen LogP contribution in [0.5, 0.6) is 0 Å². The molecule has 0 radical (unpaired) electrons. The lowest BCUT2D eigenvalue weighted by molar-refractivity contribution is 0.0153. The number of piperazine rings is 1. The molecular formula is C26H37N7OS. The van der Waals surface area contributed by atoms with Crippen molar-refractivity contribution in [3.8, 4) is 11.3 Å². The summed E-state index contributed by atoms with van der Waals surface area (Å²) in [6, 6.07) is 0.672. The van der Waals surface area contributed by atoms with Gasteiger partial charge in [-0.3, -0.25) is 4.90 Å². The van der Waals surface area contributed by atoms with Crippen LogP contribution in [0.4, 0.5) is 5.13 Å². The second-order valence-corrected chi connectivity index (χ2v) is 12.1. The average Bonchev–Trinajstić information content (AvgIpc) is 3.45. The Kier molecular flexibility index (Phi) is 5.93. The van der Waals surface area contributed by atoms with Crippen molar-refractivity contribution >= 4 is 32.5 Å². The van der Waals surface area contributed by atoms with Crippen molar-refractivity contribution in [2.75, 3.05) is 24.5 Å². The van der Waals surface area contributed by atoms with Crippen LogP contribution in [0, 0.1) is 13.8 Å². The van der Waals surface area contributed by atoms with Gasteiger partial charge in [0.2, 0.25) is 0 Å². The first-order valence-electron chi connectivity index (χ1n) is 12.5. The Morgan fingerprint density at radius 1 is 1.17 bits per heavy atom. The summed E-state index contributed by atoms with van der Waals surface area (Å²) >= 11 is 1.74. The van der Waals surface area contributed by atoms with E-state index >= 15 is 0 Å². The number of fused-ring (bicyclic) bond motifs is 2. The third-order valence-corrected chi connectivity index (χ3v) is 8.31. The predicted molar refractivity (Wildman–Crippen MR) is 144 cm³/mol. The Hall–Kier alpha value is -2.49. The van der Waals surface area contributed by atoms with Crippen LogP contribution in [0.3, 0.4) is 0 Å². The van der Waals surface area contributed by atoms with Crippen LogP contribution in [0.2, 0.25) is 0 Å². The summed E-state index contributed by atoms with van der Waals surface area (Å²) in [5, 5.41) is 15.8. The molecule has 1 aliphatic rings. The van der Waals surface area contributed by atoms with Gasteiger partial charge < -0.3 is 15.0 Å². The number of hydrogen-bond donors (Lipinski definition) is 2. The number of nitrogens with one attached hydrogen (secondary N) is 1. The highest BCUT2D eigenvalue weighted by molar-refractivity contribution is 7.21. The average molecular weight is 496 g/mol. The molecule has 1 fully saturated rings. The van der Waals surface area contributed by atoms with E-state index in [2.05, 4.69) is 72.6 Å². The van der Waals surface area contributed by atoms with Gasteiger partial charge in [-0.15, -0.1) is 0 Å². The monoisotopic (exact) mass is 495 g/mol. The normalized spacial score (nSPS) is 20.1. The van der Waals surface area contributed by atoms with Gasteiger partial charge in [-0.25, -0.2) is 14.5 Å². The molecule has 0 unspecified atom stereocenters. The van der Waals surface area contributed by atoms with Crippen molar-refractivity contribution in [3.63, 3.8) is 0 Å². The Morgan fingerprint density at radius 3 is 2.60 bits per heavy atom. The van der Waals surface area contributed by atoms with Gasteiger partial charge in [-0.05, 0) is 58.6 Å². The molecule has 9 heteroatoms. The SMILES string of the molecule is Cc1c(-c2[nH]c3sc(N4C[C@@H](C)N(CC(C)(C)O)C[C@@H]4C)nc3c2C(C)C)cn2ncnc2c1C. The highest BCUT2D eigenvalue weighted by Crippen LogP contribution is 2.42. The molecule has 0 bridgehead atoms. The molecule has 2 atom stereocenters. The van der Waals surface area contributed by atoms with Crippen molar-refractivity contribution in [3.05, 3.63) is 29.2 Å². The summed E-state index contributed by atoms with van der Waals surface area (Å²) in [5.41, 5.74) is 7.18. The van der Waals surface area contributed by atoms with Gasteiger partial charge in [0.05, 0.1) is 11.3 Å². The summed E-state index contributed by atoms with van der Waals surface area (Å²) in [7, 11) is 0. The van der Waals surface area contributed by atoms with Crippen LogP contribution in [-0.4, -0.2) is 71.9 Å². The van der Waals surface area contributed by atoms with Crippen molar-refractivity contribution < 1.29 is 5.11 Å². The molecule has 8 nitrogen and oxygen atoms in total. The standard InChI is InChI=1S/C26H37N7OS/c1-14(2)20-21(19-11-33-23(27-13-28-33)18(6)17(19)5)29-24-22(20)30-25(35-24)32-10-15(3)31(9-16(32)4)12-26(7,8)34/h11,13-16,29,34H,9-10,12H2,1-8H3/t15-,16+/m1/s1. The molecule has 0 aliphatic carbocycles. The largest absolute Gasteiger partial charge is 0.389 e. The molecule has 5 rings (SSSR count). The van der Waals surface area contributed by atoms with E-state index < -0.39 is 5.60 Å². The third kappa shape index (κ3) is 4.23. The molecular weight excluding hydrogens is 458 g/mol. The van der Waals surface area contributed by atoms with Crippen molar-refractivity contribution in [2.45, 2.75) is 79.0 Å². The number of rotatable bonds is 5. The highest BCUT2D eigenvalue weighted by Gasteiger charge is 2.34. The number of pyridine rings is 1. The van der Waals surface area contributed by atoms with Crippen molar-refractivity contribution in [1.82, 2.24) is 29.5 Å². The highest BCUT2D eigenvalue weighted by atomic mass is 32.1. The molecule has 2 N–H and O–H groups in total. The summed E-state index contributed by atoms with van der Waals surface area (Å²) < 4.78 is 1.87. The number of aromatic nitrogens is 5. The first-order valence-corrected chi connectivity index (χ1v) is 13.3. The fraction of sp³-hybridized carbons (Fsp3) is 0.577. The van der Waals surface area contributed by atoms with Gasteiger partial charge in [0.25, 0.3) is 0 Å². The number of aromatic amines is 1. The summed E-state index contributed by atoms with van der Waals surface area (Å²) in [4.78, 5) is 19.3. The molecule has 0 spiro atoms. The lowest BCUT2D eigenvalue weighted by atomic mass is 9.96. The van der Waals surface area contributed by atoms with Gasteiger partial charge in [0, 0.05) is 49.0 Å². The summed E-state index contributed by atoms with van der Waals surface area (Å²) in [6.07, 6.45) is 3.69. The minimum Gasteiger partial charge on any atom is -0.389 e. The second kappa shape index (κ2) is 8.57. The number of H-pyrrole nitrogens is 1. The van der Waals surface area contributed by atoms with Crippen LogP contribution >= 0.6 is 11.3 Å². The smallest absolute Gasteiger partial charge is 0.188 e. The topological polar surface area (TPSA) is 85.6 Å². The van der Waals surface area contributed by atoms with Gasteiger partial charge in [0.1, 0.15) is 16.7 Å². The van der Waals surface area contributed by atoms with E-state index in [9.17, 15) is 5.11 Å². The maximum Gasteiger partial charge on any atom is 0.188 e. The zero-order valence-corrected chi connectivity index (χ0v) is 22.9. The summed E-state index contributed by atoms with van der Waals surface area (Å²) in [6.45, 7) is 19.5. The fourth-order valence-corrected chi connectivity index (χ4v) is 6.51. The zero-order valence-electron chi connectivity index (χ0n) is 22.0. The number of anilines is 1. The Labute approximate surface area is 211 Å². The van der Waals surface area contributed by atoms with Crippen LogP contribution in [0.25, 0.3) is 27.3 Å². The Morgan fingerprint density at radius 2 is 1.91 bits per heavy atom. The van der Waals surface area contributed by atoms with E-state index in [4.69, 9.17) is 4.98 Å². The lowest BCUT2D eigenvalue weighted by Crippen LogP contribution is -2.59. The molecule has 4 aromatic rings. The van der Waals surface area contributed by atoms with Crippen molar-refractivity contribution in [2.24, 2.45) is 0 Å². The van der Waals surface area contributed by atoms with E-state index in [0.29, 0.717) is 24.5 Å². The van der Waals surface area contributed by atoms with Crippen molar-refractivity contribution in [1.29, 1.82) is 0 Å². The molecule has 188 valence electrons. The van der Waals surface area contributed by atoms with Gasteiger partial charge in [0.15, 0.2) is 10.8 Å². The fourth-order valence-electron chi connectivity index (χ4n) is 5.41. The summed E-state index contributed by atoms with van der Waals surface area (Å²) in [5.74, 6) is 0.319. The van der Waals surface area contributed by atoms with Gasteiger partial charge in [-0.1, -0.05) is 25.2 Å². The second-order valence-electron chi connectivity index (χ2n) is 11.2. The van der Waals surface area contributed by atoms with Crippen LogP contribution < -0.4 is 4.90 Å². The minimum absolute atomic E-state index is 0.319. The zero-order chi connectivity index (χ0) is 25.2. The Balaban J connectivity index is 1.53. The Bertz CT molecular complexity index is 1380. The van der Waals surface area contributed by atoms with E-state index in [1.54, 1.807) is 17.7 Å². The number of thiazole rings is 1. The molecule has 0 aromatic carbocycles. The number of nitrogens with zero attached hydrogens (tertiary/aromatic N) is 6. The quantitative estimate of drug-likeness (QED) is 0.416. The minimum atomic E-state index is -0.693. The van der Waals surface area contributed by atoms with E-state index in [0.717, 1.165) is 51.0 Å². The van der Waals surface area contributed by atoms with Gasteiger partial charge in [-0.2, -0.15) is 5.10 Å². The molecule has 0 amide bonds. The molecule has 35 heavy (non-hydrogen) atoms. The lowest BCUT2D eigenvalue weighted by Gasteiger charge is -2.45. The van der Waals surface area contributed by atoms with E-state index in [1.165, 1.54) is 11.1 Å². The van der Waals surface area contributed by atoms with E-state index in [-0.39, 0.29) is 0 Å². The molecule has 0 saturated carbocycles. The third-order valence-electron chi connectivity index (χ3n) is 7.30. The van der Waals surface area contributed by atoms with E-state index in [1.807, 2.05) is 18.4 Å². The molecule has 4 aromatic heterocycles. The van der Waals surface area contributed by atoms with Gasteiger partial charge >= 0.3 is 0 Å². The molecule has 5 heterocycles. The maximum atomic E-state index is 10.3. The first-order chi connectivity index (χ1) is 16.4. The predicted octanol–water partition coefficient (Wildman–Crippen LogP) is 4.74. The number of aliphatic hydroxyl groups is 1. The maximum absolute atomic E-state index is 10.3. The molecule has 1 saturated heterocycles. The number of β-amino-alcohol motifs (C(OH)–C–C–N with tert-alkyl or cyclic N) is 1. The van der Waals surface area contributed by atoms with Crippen LogP contribution in [-0.2, 0) is 0 Å². The van der Waals surface area contributed by atoms with Crippen LogP contribution in [0.1, 0.15) is 64.2 Å². The number of hydrogen-bond acceptors (Lipinski definition) is 7. The number of aryl methyl sites for hydroxylation is 1. The van der Waals surface area contributed by atoms with Crippen LogP contribution in [0.15, 0.2) is 12.5 Å². The first kappa shape index (κ1) is 24.2.